The molecule has 156 valence electrons. The van der Waals surface area contributed by atoms with E-state index in [1.807, 2.05) is 24.4 Å². The van der Waals surface area contributed by atoms with Gasteiger partial charge >= 0.3 is 0 Å². The Bertz CT molecular complexity index is 784. The number of pyridine rings is 1. The van der Waals surface area contributed by atoms with E-state index in [0.29, 0.717) is 13.1 Å². The summed E-state index contributed by atoms with van der Waals surface area (Å²) in [4.78, 5) is 11.7. The zero-order valence-corrected chi connectivity index (χ0v) is 17.7. The number of benzene rings is 1. The Morgan fingerprint density at radius 1 is 1.07 bits per heavy atom. The normalized spacial score (nSPS) is 15.0. The number of ether oxygens (including phenoxy) is 1. The van der Waals surface area contributed by atoms with Crippen molar-refractivity contribution in [3.63, 3.8) is 0 Å². The summed E-state index contributed by atoms with van der Waals surface area (Å²) < 4.78 is 5.29. The van der Waals surface area contributed by atoms with Crippen LogP contribution in [0.25, 0.3) is 0 Å². The Labute approximate surface area is 174 Å². The van der Waals surface area contributed by atoms with E-state index in [9.17, 15) is 0 Å². The van der Waals surface area contributed by atoms with Crippen LogP contribution in [-0.4, -0.2) is 37.7 Å². The van der Waals surface area contributed by atoms with E-state index in [1.165, 1.54) is 31.2 Å². The molecule has 0 bridgehead atoms. The molecule has 1 aliphatic rings. The highest BCUT2D eigenvalue weighted by molar-refractivity contribution is 5.79. The van der Waals surface area contributed by atoms with Crippen molar-refractivity contribution in [2.75, 3.05) is 31.6 Å². The third-order valence-corrected chi connectivity index (χ3v) is 5.10. The molecule has 2 heterocycles. The third kappa shape index (κ3) is 6.66. The van der Waals surface area contributed by atoms with E-state index >= 15 is 0 Å². The van der Waals surface area contributed by atoms with Gasteiger partial charge in [-0.2, -0.15) is 0 Å². The van der Waals surface area contributed by atoms with Crippen molar-refractivity contribution in [3.05, 3.63) is 53.7 Å². The van der Waals surface area contributed by atoms with Crippen LogP contribution in [0.1, 0.15) is 43.7 Å². The van der Waals surface area contributed by atoms with E-state index in [0.717, 1.165) is 42.7 Å². The van der Waals surface area contributed by atoms with Gasteiger partial charge in [0.2, 0.25) is 0 Å². The summed E-state index contributed by atoms with van der Waals surface area (Å²) in [6.45, 7) is 6.42. The highest BCUT2D eigenvalue weighted by atomic mass is 16.5. The molecule has 0 unspecified atom stereocenters. The van der Waals surface area contributed by atoms with E-state index in [2.05, 4.69) is 45.6 Å². The summed E-state index contributed by atoms with van der Waals surface area (Å²) >= 11 is 0. The van der Waals surface area contributed by atoms with Crippen molar-refractivity contribution in [1.29, 1.82) is 0 Å². The predicted octanol–water partition coefficient (Wildman–Crippen LogP) is 3.73. The molecule has 1 fully saturated rings. The monoisotopic (exact) mass is 395 g/mol. The van der Waals surface area contributed by atoms with Gasteiger partial charge in [-0.3, -0.25) is 0 Å². The second kappa shape index (κ2) is 11.3. The quantitative estimate of drug-likeness (QED) is 0.553. The Kier molecular flexibility index (Phi) is 8.16. The van der Waals surface area contributed by atoms with Crippen LogP contribution in [0.15, 0.2) is 47.6 Å². The van der Waals surface area contributed by atoms with Crippen LogP contribution in [0.3, 0.4) is 0 Å². The van der Waals surface area contributed by atoms with Crippen LogP contribution in [0.2, 0.25) is 0 Å². The molecule has 0 spiro atoms. The molecule has 0 radical (unpaired) electrons. The molecule has 0 amide bonds. The molecule has 3 rings (SSSR count). The zero-order valence-electron chi connectivity index (χ0n) is 17.7. The molecule has 6 heteroatoms. The zero-order chi connectivity index (χ0) is 20.3. The van der Waals surface area contributed by atoms with Crippen LogP contribution in [-0.2, 0) is 13.1 Å². The molecule has 0 saturated carbocycles. The molecule has 6 nitrogen and oxygen atoms in total. The molecule has 2 N–H and O–H groups in total. The van der Waals surface area contributed by atoms with E-state index < -0.39 is 0 Å². The van der Waals surface area contributed by atoms with Crippen molar-refractivity contribution >= 4 is 11.8 Å². The van der Waals surface area contributed by atoms with Gasteiger partial charge < -0.3 is 20.3 Å². The number of anilines is 1. The lowest BCUT2D eigenvalue weighted by molar-refractivity contribution is 0.414. The predicted molar refractivity (Wildman–Crippen MR) is 120 cm³/mol. The molecular formula is C23H33N5O. The number of nitrogens with zero attached hydrogens (tertiary/aromatic N) is 3. The summed E-state index contributed by atoms with van der Waals surface area (Å²) in [6.07, 6.45) is 7.08. The van der Waals surface area contributed by atoms with Gasteiger partial charge in [-0.15, -0.1) is 0 Å². The molecular weight excluding hydrogens is 362 g/mol. The number of methoxy groups -OCH3 is 1. The van der Waals surface area contributed by atoms with Gasteiger partial charge in [-0.1, -0.05) is 25.0 Å². The Morgan fingerprint density at radius 2 is 1.90 bits per heavy atom. The average Bonchev–Trinajstić information content (AvgIpc) is 3.06. The lowest BCUT2D eigenvalue weighted by Gasteiger charge is -2.22. The lowest BCUT2D eigenvalue weighted by Crippen LogP contribution is -2.36. The summed E-state index contributed by atoms with van der Waals surface area (Å²) in [7, 11) is 1.68. The smallest absolute Gasteiger partial charge is 0.191 e. The molecule has 2 aromatic rings. The Balaban J connectivity index is 1.61. The molecule has 1 saturated heterocycles. The number of nitrogens with one attached hydrogen (secondary N) is 2. The first-order valence-corrected chi connectivity index (χ1v) is 10.6. The first-order chi connectivity index (χ1) is 14.3. The van der Waals surface area contributed by atoms with Crippen molar-refractivity contribution in [2.45, 2.75) is 45.7 Å². The topological polar surface area (TPSA) is 61.8 Å². The van der Waals surface area contributed by atoms with E-state index in [1.54, 1.807) is 7.11 Å². The van der Waals surface area contributed by atoms with E-state index in [4.69, 9.17) is 9.73 Å². The van der Waals surface area contributed by atoms with Gasteiger partial charge in [0.1, 0.15) is 11.6 Å². The number of hydrogen-bond acceptors (Lipinski definition) is 4. The van der Waals surface area contributed by atoms with Crippen LogP contribution in [0, 0.1) is 0 Å². The van der Waals surface area contributed by atoms with Crippen molar-refractivity contribution in [3.8, 4) is 5.75 Å². The van der Waals surface area contributed by atoms with Gasteiger partial charge in [0, 0.05) is 32.4 Å². The third-order valence-electron chi connectivity index (χ3n) is 5.10. The minimum absolute atomic E-state index is 0.599. The van der Waals surface area contributed by atoms with Gasteiger partial charge in [-0.25, -0.2) is 9.98 Å². The average molecular weight is 396 g/mol. The Morgan fingerprint density at radius 3 is 2.66 bits per heavy atom. The van der Waals surface area contributed by atoms with Crippen LogP contribution in [0.4, 0.5) is 5.82 Å². The van der Waals surface area contributed by atoms with E-state index in [-0.39, 0.29) is 0 Å². The molecule has 1 aliphatic heterocycles. The highest BCUT2D eigenvalue weighted by Crippen LogP contribution is 2.18. The summed E-state index contributed by atoms with van der Waals surface area (Å²) in [5, 5.41) is 6.76. The molecule has 29 heavy (non-hydrogen) atoms. The van der Waals surface area contributed by atoms with Gasteiger partial charge in [0.15, 0.2) is 5.96 Å². The van der Waals surface area contributed by atoms with Gasteiger partial charge in [-0.05, 0) is 55.2 Å². The first kappa shape index (κ1) is 21.0. The largest absolute Gasteiger partial charge is 0.497 e. The van der Waals surface area contributed by atoms with Crippen LogP contribution >= 0.6 is 0 Å². The molecule has 1 aromatic heterocycles. The second-order valence-electron chi connectivity index (χ2n) is 7.32. The fraction of sp³-hybridized carbons (Fsp3) is 0.478. The standard InChI is InChI=1S/C23H33N5O/c1-3-24-23(26-17-19-9-8-10-21(15-19)29-2)27-18-20-11-12-25-22(16-20)28-13-6-4-5-7-14-28/h8-12,15-16H,3-7,13-14,17-18H2,1-2H3,(H2,24,26,27). The maximum Gasteiger partial charge on any atom is 0.191 e. The van der Waals surface area contributed by atoms with Crippen LogP contribution < -0.4 is 20.3 Å². The molecule has 1 aromatic carbocycles. The van der Waals surface area contributed by atoms with Crippen molar-refractivity contribution in [1.82, 2.24) is 15.6 Å². The molecule has 0 aliphatic carbocycles. The number of guanidine groups is 1. The Hall–Kier alpha value is -2.76. The summed E-state index contributed by atoms with van der Waals surface area (Å²) in [5.41, 5.74) is 2.33. The maximum atomic E-state index is 5.29. The van der Waals surface area contributed by atoms with Crippen LogP contribution in [0.5, 0.6) is 5.75 Å². The van der Waals surface area contributed by atoms with Gasteiger partial charge in [0.25, 0.3) is 0 Å². The number of aliphatic imine (C=N–C) groups is 1. The summed E-state index contributed by atoms with van der Waals surface area (Å²) in [6, 6.07) is 12.3. The number of aromatic nitrogens is 1. The molecule has 0 atom stereocenters. The SMILES string of the molecule is CCNC(=NCc1cccc(OC)c1)NCc1ccnc(N2CCCCCC2)c1. The van der Waals surface area contributed by atoms with Crippen molar-refractivity contribution < 1.29 is 4.74 Å². The maximum absolute atomic E-state index is 5.29. The van der Waals surface area contributed by atoms with Gasteiger partial charge in [0.05, 0.1) is 13.7 Å². The number of rotatable bonds is 7. The minimum atomic E-state index is 0.599. The lowest BCUT2D eigenvalue weighted by atomic mass is 10.2. The summed E-state index contributed by atoms with van der Waals surface area (Å²) in [5.74, 6) is 2.75. The van der Waals surface area contributed by atoms with Crippen molar-refractivity contribution in [2.24, 2.45) is 4.99 Å². The first-order valence-electron chi connectivity index (χ1n) is 10.6. The fourth-order valence-corrected chi connectivity index (χ4v) is 3.51. The minimum Gasteiger partial charge on any atom is -0.497 e. The second-order valence-corrected chi connectivity index (χ2v) is 7.32. The number of hydrogen-bond donors (Lipinski definition) is 2. The highest BCUT2D eigenvalue weighted by Gasteiger charge is 2.11. The fourth-order valence-electron chi connectivity index (χ4n) is 3.51.